The van der Waals surface area contributed by atoms with Gasteiger partial charge in [-0.2, -0.15) is 13.2 Å². The first-order valence-electron chi connectivity index (χ1n) is 6.20. The van der Waals surface area contributed by atoms with E-state index < -0.39 is 17.6 Å². The van der Waals surface area contributed by atoms with E-state index >= 15 is 0 Å². The van der Waals surface area contributed by atoms with Gasteiger partial charge in [-0.1, -0.05) is 18.2 Å². The zero-order chi connectivity index (χ0) is 15.5. The summed E-state index contributed by atoms with van der Waals surface area (Å²) in [5.74, 6) is -0.753. The predicted molar refractivity (Wildman–Crippen MR) is 70.1 cm³/mol. The molecule has 2 rings (SSSR count). The van der Waals surface area contributed by atoms with Crippen molar-refractivity contribution < 1.29 is 22.7 Å². The van der Waals surface area contributed by atoms with Gasteiger partial charge in [0.2, 0.25) is 0 Å². The molecule has 0 radical (unpaired) electrons. The van der Waals surface area contributed by atoms with Gasteiger partial charge in [0.05, 0.1) is 5.56 Å². The Hall–Kier alpha value is -2.08. The van der Waals surface area contributed by atoms with Crippen molar-refractivity contribution in [3.63, 3.8) is 0 Å². The molecule has 0 bridgehead atoms. The van der Waals surface area contributed by atoms with Crippen molar-refractivity contribution in [1.29, 1.82) is 0 Å². The van der Waals surface area contributed by atoms with Crippen molar-refractivity contribution in [2.75, 3.05) is 0 Å². The van der Waals surface area contributed by atoms with E-state index in [0.717, 1.165) is 18.2 Å². The first-order chi connectivity index (χ1) is 9.84. The Morgan fingerprint density at radius 1 is 0.952 bits per heavy atom. The van der Waals surface area contributed by atoms with Crippen molar-refractivity contribution in [2.45, 2.75) is 19.3 Å². The highest BCUT2D eigenvalue weighted by molar-refractivity contribution is 5.29. The summed E-state index contributed by atoms with van der Waals surface area (Å²) in [6, 6.07) is 8.61. The summed E-state index contributed by atoms with van der Waals surface area (Å²) in [6.07, 6.45) is -4.37. The van der Waals surface area contributed by atoms with E-state index in [1.165, 1.54) is 18.2 Å². The molecular weight excluding hydrogens is 286 g/mol. The Kier molecular flexibility index (Phi) is 4.47. The average molecular weight is 299 g/mol. The lowest BCUT2D eigenvalue weighted by molar-refractivity contribution is -0.137. The van der Waals surface area contributed by atoms with E-state index in [4.69, 9.17) is 0 Å². The minimum absolute atomic E-state index is 0.189. The van der Waals surface area contributed by atoms with Crippen LogP contribution in [0.1, 0.15) is 16.7 Å². The van der Waals surface area contributed by atoms with Gasteiger partial charge in [0, 0.05) is 19.2 Å². The van der Waals surface area contributed by atoms with Gasteiger partial charge in [-0.25, -0.2) is 4.39 Å². The van der Waals surface area contributed by atoms with Crippen LogP contribution in [0, 0.1) is 5.82 Å². The number of rotatable bonds is 4. The molecule has 0 saturated carbocycles. The lowest BCUT2D eigenvalue weighted by atomic mass is 10.1. The third kappa shape index (κ3) is 4.46. The lowest BCUT2D eigenvalue weighted by Gasteiger charge is -2.10. The van der Waals surface area contributed by atoms with E-state index in [0.29, 0.717) is 11.1 Å². The summed E-state index contributed by atoms with van der Waals surface area (Å²) in [7, 11) is 0. The Labute approximate surface area is 119 Å². The number of hydrogen-bond donors (Lipinski definition) is 2. The molecule has 0 atom stereocenters. The van der Waals surface area contributed by atoms with Gasteiger partial charge in [0.15, 0.2) is 0 Å². The highest BCUT2D eigenvalue weighted by Gasteiger charge is 2.30. The molecule has 0 aliphatic heterocycles. The third-order valence-corrected chi connectivity index (χ3v) is 2.85. The fourth-order valence-corrected chi connectivity index (χ4v) is 1.94. The number of aromatic hydroxyl groups is 1. The van der Waals surface area contributed by atoms with Crippen LogP contribution in [-0.2, 0) is 19.3 Å². The van der Waals surface area contributed by atoms with Gasteiger partial charge in [-0.3, -0.25) is 0 Å². The van der Waals surface area contributed by atoms with Gasteiger partial charge in [-0.15, -0.1) is 0 Å². The maximum Gasteiger partial charge on any atom is 0.416 e. The largest absolute Gasteiger partial charge is 0.508 e. The molecule has 0 unspecified atom stereocenters. The molecule has 0 amide bonds. The van der Waals surface area contributed by atoms with Crippen LogP contribution in [0.2, 0.25) is 0 Å². The van der Waals surface area contributed by atoms with Crippen LogP contribution in [0.15, 0.2) is 42.5 Å². The summed E-state index contributed by atoms with van der Waals surface area (Å²) in [6.45, 7) is 0.447. The predicted octanol–water partition coefficient (Wildman–Crippen LogP) is 3.84. The van der Waals surface area contributed by atoms with E-state index in [1.807, 2.05) is 0 Å². The maximum absolute atomic E-state index is 13.0. The fraction of sp³-hybridized carbons (Fsp3) is 0.200. The topological polar surface area (TPSA) is 32.3 Å². The van der Waals surface area contributed by atoms with Gasteiger partial charge in [-0.05, 0) is 29.3 Å². The van der Waals surface area contributed by atoms with Crippen molar-refractivity contribution in [1.82, 2.24) is 5.32 Å². The molecule has 2 N–H and O–H groups in total. The lowest BCUT2D eigenvalue weighted by Crippen LogP contribution is -2.14. The van der Waals surface area contributed by atoms with Gasteiger partial charge < -0.3 is 10.4 Å². The van der Waals surface area contributed by atoms with Crippen LogP contribution in [-0.4, -0.2) is 5.11 Å². The third-order valence-electron chi connectivity index (χ3n) is 2.85. The van der Waals surface area contributed by atoms with E-state index in [-0.39, 0.29) is 18.8 Å². The van der Waals surface area contributed by atoms with Gasteiger partial charge >= 0.3 is 6.18 Å². The van der Waals surface area contributed by atoms with Crippen LogP contribution < -0.4 is 5.32 Å². The SMILES string of the molecule is Oc1cc(F)cc(CNCc2cccc(C(F)(F)F)c2)c1. The number of alkyl halides is 3. The molecule has 0 spiro atoms. The minimum atomic E-state index is -4.37. The molecule has 0 aromatic heterocycles. The quantitative estimate of drug-likeness (QED) is 0.841. The first kappa shape index (κ1) is 15.3. The molecule has 0 fully saturated rings. The summed E-state index contributed by atoms with van der Waals surface area (Å²) < 4.78 is 50.7. The monoisotopic (exact) mass is 299 g/mol. The fourth-order valence-electron chi connectivity index (χ4n) is 1.94. The molecule has 0 aliphatic rings. The second-order valence-electron chi connectivity index (χ2n) is 4.62. The Balaban J connectivity index is 1.97. The van der Waals surface area contributed by atoms with Crippen molar-refractivity contribution in [3.8, 4) is 5.75 Å². The second kappa shape index (κ2) is 6.13. The molecule has 0 aliphatic carbocycles. The number of nitrogens with one attached hydrogen (secondary N) is 1. The average Bonchev–Trinajstić information content (AvgIpc) is 2.37. The zero-order valence-corrected chi connectivity index (χ0v) is 10.9. The van der Waals surface area contributed by atoms with E-state index in [2.05, 4.69) is 5.32 Å². The van der Waals surface area contributed by atoms with E-state index in [9.17, 15) is 22.7 Å². The number of phenols is 1. The summed E-state index contributed by atoms with van der Waals surface area (Å²) >= 11 is 0. The van der Waals surface area contributed by atoms with Crippen molar-refractivity contribution >= 4 is 0 Å². The molecular formula is C15H13F4NO. The summed E-state index contributed by atoms with van der Waals surface area (Å²) in [5.41, 5.74) is 0.287. The Morgan fingerprint density at radius 2 is 1.67 bits per heavy atom. The number of hydrogen-bond acceptors (Lipinski definition) is 2. The Bertz CT molecular complexity index is 605. The number of benzene rings is 2. The standard InChI is InChI=1S/C15H13F4NO/c16-13-5-11(6-14(21)7-13)9-20-8-10-2-1-3-12(4-10)15(17,18)19/h1-7,20-21H,8-9H2. The molecule has 21 heavy (non-hydrogen) atoms. The minimum Gasteiger partial charge on any atom is -0.508 e. The second-order valence-corrected chi connectivity index (χ2v) is 4.62. The number of phenolic OH excluding ortho intramolecular Hbond substituents is 1. The highest BCUT2D eigenvalue weighted by atomic mass is 19.4. The highest BCUT2D eigenvalue weighted by Crippen LogP contribution is 2.29. The van der Waals surface area contributed by atoms with Crippen LogP contribution >= 0.6 is 0 Å². The summed E-state index contributed by atoms with van der Waals surface area (Å²) in [5, 5.41) is 12.1. The molecule has 2 aromatic carbocycles. The molecule has 2 aromatic rings. The summed E-state index contributed by atoms with van der Waals surface area (Å²) in [4.78, 5) is 0. The normalized spacial score (nSPS) is 11.6. The molecule has 0 saturated heterocycles. The zero-order valence-electron chi connectivity index (χ0n) is 10.9. The van der Waals surface area contributed by atoms with E-state index in [1.54, 1.807) is 6.07 Å². The smallest absolute Gasteiger partial charge is 0.416 e. The van der Waals surface area contributed by atoms with Crippen molar-refractivity contribution in [2.24, 2.45) is 0 Å². The van der Waals surface area contributed by atoms with Crippen LogP contribution in [0.25, 0.3) is 0 Å². The maximum atomic E-state index is 13.0. The molecule has 6 heteroatoms. The van der Waals surface area contributed by atoms with Crippen LogP contribution in [0.4, 0.5) is 17.6 Å². The van der Waals surface area contributed by atoms with Crippen LogP contribution in [0.5, 0.6) is 5.75 Å². The first-order valence-corrected chi connectivity index (χ1v) is 6.20. The van der Waals surface area contributed by atoms with Gasteiger partial charge in [0.1, 0.15) is 11.6 Å². The van der Waals surface area contributed by atoms with Gasteiger partial charge in [0.25, 0.3) is 0 Å². The Morgan fingerprint density at radius 3 is 2.33 bits per heavy atom. The molecule has 0 heterocycles. The number of halogens is 4. The van der Waals surface area contributed by atoms with Crippen LogP contribution in [0.3, 0.4) is 0 Å². The molecule has 112 valence electrons. The molecule has 2 nitrogen and oxygen atoms in total. The van der Waals surface area contributed by atoms with Crippen molar-refractivity contribution in [3.05, 3.63) is 65.0 Å².